The van der Waals surface area contributed by atoms with Crippen LogP contribution >= 0.6 is 0 Å². The van der Waals surface area contributed by atoms with E-state index in [0.717, 1.165) is 24.6 Å². The van der Waals surface area contributed by atoms with Crippen molar-refractivity contribution in [3.63, 3.8) is 0 Å². The number of nitrogens with two attached hydrogens (primary N) is 1. The Kier molecular flexibility index (Phi) is 6.07. The van der Waals surface area contributed by atoms with Gasteiger partial charge >= 0.3 is 0 Å². The largest absolute Gasteiger partial charge is 0.493 e. The van der Waals surface area contributed by atoms with Crippen LogP contribution in [0.1, 0.15) is 25.7 Å². The van der Waals surface area contributed by atoms with Gasteiger partial charge in [0.15, 0.2) is 0 Å². The molecule has 0 aliphatic carbocycles. The number of amides is 1. The average molecular weight is 258 g/mol. The highest BCUT2D eigenvalue weighted by molar-refractivity contribution is 5.74. The van der Waals surface area contributed by atoms with E-state index in [9.17, 15) is 13.6 Å². The molecule has 1 aromatic rings. The fourth-order valence-electron chi connectivity index (χ4n) is 1.44. The van der Waals surface area contributed by atoms with E-state index in [1.807, 2.05) is 5.43 Å². The van der Waals surface area contributed by atoms with Crippen molar-refractivity contribution < 1.29 is 18.3 Å². The number of carbonyl (C=O) groups is 1. The molecule has 1 rings (SSSR count). The van der Waals surface area contributed by atoms with Crippen molar-refractivity contribution in [2.75, 3.05) is 6.61 Å². The third-order valence-corrected chi connectivity index (χ3v) is 2.31. The first-order valence-electron chi connectivity index (χ1n) is 5.70. The molecule has 0 aliphatic rings. The summed E-state index contributed by atoms with van der Waals surface area (Å²) in [5.41, 5.74) is 2.04. The maximum Gasteiger partial charge on any atom is 0.233 e. The van der Waals surface area contributed by atoms with Gasteiger partial charge in [-0.15, -0.1) is 0 Å². The van der Waals surface area contributed by atoms with Gasteiger partial charge in [-0.05, 0) is 19.3 Å². The van der Waals surface area contributed by atoms with Crippen molar-refractivity contribution in [3.05, 3.63) is 29.8 Å². The van der Waals surface area contributed by atoms with E-state index in [-0.39, 0.29) is 11.7 Å². The Balaban J connectivity index is 2.16. The molecule has 0 heterocycles. The molecule has 0 atom stereocenters. The first-order valence-corrected chi connectivity index (χ1v) is 5.70. The molecule has 0 aliphatic heterocycles. The number of rotatable bonds is 7. The highest BCUT2D eigenvalue weighted by atomic mass is 19.1. The Labute approximate surface area is 104 Å². The Morgan fingerprint density at radius 3 is 2.44 bits per heavy atom. The quantitative estimate of drug-likeness (QED) is 0.340. The summed E-state index contributed by atoms with van der Waals surface area (Å²) in [7, 11) is 0. The van der Waals surface area contributed by atoms with Crippen molar-refractivity contribution in [1.29, 1.82) is 0 Å². The highest BCUT2D eigenvalue weighted by Crippen LogP contribution is 2.15. The van der Waals surface area contributed by atoms with Gasteiger partial charge in [-0.1, -0.05) is 0 Å². The van der Waals surface area contributed by atoms with Gasteiger partial charge in [-0.3, -0.25) is 10.2 Å². The Morgan fingerprint density at radius 2 is 1.83 bits per heavy atom. The van der Waals surface area contributed by atoms with Crippen molar-refractivity contribution in [3.8, 4) is 5.75 Å². The number of ether oxygens (including phenoxy) is 1. The van der Waals surface area contributed by atoms with Crippen LogP contribution in [0.3, 0.4) is 0 Å². The lowest BCUT2D eigenvalue weighted by Crippen LogP contribution is -2.29. The van der Waals surface area contributed by atoms with Crippen LogP contribution in [0.5, 0.6) is 5.75 Å². The standard InChI is InChI=1S/C12H16F2N2O2/c13-9-6-10(14)8-11(7-9)18-5-3-1-2-4-12(17)16-15/h6-8H,1-5,15H2,(H,16,17). The number of unbranched alkanes of at least 4 members (excludes halogenated alkanes) is 2. The Morgan fingerprint density at radius 1 is 1.17 bits per heavy atom. The van der Waals surface area contributed by atoms with E-state index in [2.05, 4.69) is 0 Å². The van der Waals surface area contributed by atoms with Crippen LogP contribution < -0.4 is 16.0 Å². The molecule has 6 heteroatoms. The smallest absolute Gasteiger partial charge is 0.233 e. The van der Waals surface area contributed by atoms with Crippen LogP contribution in [0, 0.1) is 11.6 Å². The zero-order valence-electron chi connectivity index (χ0n) is 9.92. The normalized spacial score (nSPS) is 10.2. The van der Waals surface area contributed by atoms with Crippen LogP contribution in [0.15, 0.2) is 18.2 Å². The van der Waals surface area contributed by atoms with Crippen molar-refractivity contribution >= 4 is 5.91 Å². The lowest BCUT2D eigenvalue weighted by Gasteiger charge is -2.06. The monoisotopic (exact) mass is 258 g/mol. The summed E-state index contributed by atoms with van der Waals surface area (Å²) in [6.07, 6.45) is 2.55. The number of nitrogens with one attached hydrogen (secondary N) is 1. The number of hydrazine groups is 1. The van der Waals surface area contributed by atoms with Gasteiger partial charge in [-0.25, -0.2) is 14.6 Å². The molecule has 100 valence electrons. The van der Waals surface area contributed by atoms with E-state index in [4.69, 9.17) is 10.6 Å². The minimum atomic E-state index is -0.662. The molecule has 0 radical (unpaired) electrons. The van der Waals surface area contributed by atoms with Gasteiger partial charge in [0.05, 0.1) is 6.61 Å². The van der Waals surface area contributed by atoms with Crippen molar-refractivity contribution in [2.24, 2.45) is 5.84 Å². The van der Waals surface area contributed by atoms with E-state index in [1.165, 1.54) is 0 Å². The fourth-order valence-corrected chi connectivity index (χ4v) is 1.44. The van der Waals surface area contributed by atoms with E-state index in [1.54, 1.807) is 0 Å². The van der Waals surface area contributed by atoms with E-state index in [0.29, 0.717) is 25.9 Å². The molecule has 18 heavy (non-hydrogen) atoms. The second-order valence-electron chi connectivity index (χ2n) is 3.83. The van der Waals surface area contributed by atoms with Crippen molar-refractivity contribution in [1.82, 2.24) is 5.43 Å². The molecule has 3 N–H and O–H groups in total. The number of halogens is 2. The van der Waals surface area contributed by atoms with Crippen molar-refractivity contribution in [2.45, 2.75) is 25.7 Å². The molecule has 0 unspecified atom stereocenters. The fraction of sp³-hybridized carbons (Fsp3) is 0.417. The molecular weight excluding hydrogens is 242 g/mol. The molecule has 4 nitrogen and oxygen atoms in total. The lowest BCUT2D eigenvalue weighted by atomic mass is 10.2. The molecule has 0 aromatic heterocycles. The zero-order valence-corrected chi connectivity index (χ0v) is 9.92. The summed E-state index contributed by atoms with van der Waals surface area (Å²) >= 11 is 0. The topological polar surface area (TPSA) is 64.3 Å². The number of hydrogen-bond acceptors (Lipinski definition) is 3. The van der Waals surface area contributed by atoms with E-state index < -0.39 is 11.6 Å². The summed E-state index contributed by atoms with van der Waals surface area (Å²) in [5, 5.41) is 0. The van der Waals surface area contributed by atoms with E-state index >= 15 is 0 Å². The maximum absolute atomic E-state index is 12.8. The first kappa shape index (κ1) is 14.4. The third-order valence-electron chi connectivity index (χ3n) is 2.31. The first-order chi connectivity index (χ1) is 8.61. The van der Waals surface area contributed by atoms with Crippen LogP contribution in [-0.2, 0) is 4.79 Å². The highest BCUT2D eigenvalue weighted by Gasteiger charge is 2.02. The molecule has 0 bridgehead atoms. The van der Waals surface area contributed by atoms with Crippen LogP contribution in [0.4, 0.5) is 8.78 Å². The summed E-state index contributed by atoms with van der Waals surface area (Å²) in [6, 6.07) is 3.05. The molecule has 0 saturated carbocycles. The molecule has 0 spiro atoms. The molecule has 0 saturated heterocycles. The number of carbonyl (C=O) groups excluding carboxylic acids is 1. The summed E-state index contributed by atoms with van der Waals surface area (Å²) in [6.45, 7) is 0.354. The predicted octanol–water partition coefficient (Wildman–Crippen LogP) is 1.89. The van der Waals surface area contributed by atoms with Gasteiger partial charge in [0, 0.05) is 24.6 Å². The second kappa shape index (κ2) is 7.60. The average Bonchev–Trinajstić information content (AvgIpc) is 2.32. The molecule has 1 amide bonds. The minimum absolute atomic E-state index is 0.173. The summed E-state index contributed by atoms with van der Waals surface area (Å²) in [4.78, 5) is 10.8. The van der Waals surface area contributed by atoms with Gasteiger partial charge in [0.2, 0.25) is 5.91 Å². The second-order valence-corrected chi connectivity index (χ2v) is 3.83. The number of benzene rings is 1. The van der Waals surface area contributed by atoms with Gasteiger partial charge < -0.3 is 4.74 Å². The molecule has 1 aromatic carbocycles. The Hall–Kier alpha value is -1.69. The van der Waals surface area contributed by atoms with Gasteiger partial charge in [-0.2, -0.15) is 0 Å². The third kappa shape index (κ3) is 5.58. The summed E-state index contributed by atoms with van der Waals surface area (Å²) < 4.78 is 30.8. The van der Waals surface area contributed by atoms with Crippen LogP contribution in [0.2, 0.25) is 0 Å². The maximum atomic E-state index is 12.8. The minimum Gasteiger partial charge on any atom is -0.493 e. The van der Waals surface area contributed by atoms with Crippen LogP contribution in [0.25, 0.3) is 0 Å². The molecular formula is C12H16F2N2O2. The Bertz CT molecular complexity index is 379. The SMILES string of the molecule is NNC(=O)CCCCCOc1cc(F)cc(F)c1. The van der Waals surface area contributed by atoms with Crippen LogP contribution in [-0.4, -0.2) is 12.5 Å². The van der Waals surface area contributed by atoms with Gasteiger partial charge in [0.1, 0.15) is 17.4 Å². The predicted molar refractivity (Wildman–Crippen MR) is 62.7 cm³/mol. The lowest BCUT2D eigenvalue weighted by molar-refractivity contribution is -0.121. The number of hydrogen-bond donors (Lipinski definition) is 2. The van der Waals surface area contributed by atoms with Gasteiger partial charge in [0.25, 0.3) is 0 Å². The zero-order chi connectivity index (χ0) is 13.4. The summed E-state index contributed by atoms with van der Waals surface area (Å²) in [5.74, 6) is 3.57. The molecule has 0 fully saturated rings.